The molecule has 0 radical (unpaired) electrons. The van der Waals surface area contributed by atoms with Crippen LogP contribution in [0.4, 0.5) is 0 Å². The molecule has 3 aromatic heterocycles. The number of nitrogens with zero attached hydrogens (tertiary/aromatic N) is 3. The minimum absolute atomic E-state index is 0.0630. The van der Waals surface area contributed by atoms with E-state index in [4.69, 9.17) is 9.47 Å². The van der Waals surface area contributed by atoms with Gasteiger partial charge in [-0.05, 0) is 38.0 Å². The van der Waals surface area contributed by atoms with E-state index in [9.17, 15) is 9.59 Å². The zero-order chi connectivity index (χ0) is 17.8. The number of carbonyl (C=O) groups is 1. The Kier molecular flexibility index (Phi) is 5.02. The van der Waals surface area contributed by atoms with Crippen molar-refractivity contribution in [2.45, 2.75) is 26.2 Å². The largest absolute Gasteiger partial charge is 0.478 e. The van der Waals surface area contributed by atoms with E-state index in [1.165, 1.54) is 0 Å². The predicted molar refractivity (Wildman–Crippen MR) is 93.9 cm³/mol. The van der Waals surface area contributed by atoms with Gasteiger partial charge in [-0.15, -0.1) is 0 Å². The Hall–Kier alpha value is -2.83. The highest BCUT2D eigenvalue weighted by Crippen LogP contribution is 2.17. The lowest BCUT2D eigenvalue weighted by Gasteiger charge is -2.10. The van der Waals surface area contributed by atoms with Crippen LogP contribution in [-0.4, -0.2) is 33.1 Å². The molecule has 0 spiro atoms. The molecule has 3 rings (SSSR count). The third-order valence-corrected chi connectivity index (χ3v) is 4.02. The monoisotopic (exact) mass is 343 g/mol. The van der Waals surface area contributed by atoms with E-state index in [2.05, 4.69) is 4.98 Å². The first-order valence-electron chi connectivity index (χ1n) is 8.37. The summed E-state index contributed by atoms with van der Waals surface area (Å²) in [6, 6.07) is 7.17. The summed E-state index contributed by atoms with van der Waals surface area (Å²) in [7, 11) is 1.73. The van der Waals surface area contributed by atoms with Crippen LogP contribution in [0.15, 0.2) is 35.3 Å². The molecule has 7 heteroatoms. The maximum Gasteiger partial charge on any atom is 0.305 e. The molecule has 0 N–H and O–H groups in total. The van der Waals surface area contributed by atoms with E-state index in [0.29, 0.717) is 43.1 Å². The smallest absolute Gasteiger partial charge is 0.305 e. The number of carbonyl (C=O) groups excluding carboxylic acids is 1. The van der Waals surface area contributed by atoms with E-state index in [1.54, 1.807) is 35.1 Å². The van der Waals surface area contributed by atoms with Crippen molar-refractivity contribution in [1.82, 2.24) is 14.0 Å². The van der Waals surface area contributed by atoms with Gasteiger partial charge in [0.05, 0.1) is 18.7 Å². The van der Waals surface area contributed by atoms with E-state index in [1.807, 2.05) is 18.3 Å². The maximum absolute atomic E-state index is 12.3. The zero-order valence-corrected chi connectivity index (χ0v) is 14.4. The van der Waals surface area contributed by atoms with E-state index in [0.717, 1.165) is 11.9 Å². The van der Waals surface area contributed by atoms with Crippen molar-refractivity contribution in [1.29, 1.82) is 0 Å². The molecule has 0 unspecified atom stereocenters. The lowest BCUT2D eigenvalue weighted by molar-refractivity contribution is -0.143. The van der Waals surface area contributed by atoms with Crippen LogP contribution in [0.1, 0.15) is 26.2 Å². The van der Waals surface area contributed by atoms with Crippen LogP contribution >= 0.6 is 0 Å². The first kappa shape index (κ1) is 17.0. The molecule has 3 heterocycles. The normalized spacial score (nSPS) is 11.1. The predicted octanol–water partition coefficient (Wildman–Crippen LogP) is 2.30. The molecule has 7 nitrogen and oxygen atoms in total. The van der Waals surface area contributed by atoms with Gasteiger partial charge in [0, 0.05) is 25.7 Å². The molecule has 3 aromatic rings. The van der Waals surface area contributed by atoms with Gasteiger partial charge < -0.3 is 14.0 Å². The fraction of sp³-hybridized carbons (Fsp3) is 0.389. The fourth-order valence-corrected chi connectivity index (χ4v) is 2.75. The van der Waals surface area contributed by atoms with Crippen molar-refractivity contribution in [3.8, 4) is 5.88 Å². The van der Waals surface area contributed by atoms with Crippen LogP contribution in [0.2, 0.25) is 0 Å². The summed E-state index contributed by atoms with van der Waals surface area (Å²) in [5.74, 6) is 0.319. The Morgan fingerprint density at radius 1 is 1.20 bits per heavy atom. The van der Waals surface area contributed by atoms with Gasteiger partial charge in [0.2, 0.25) is 5.88 Å². The lowest BCUT2D eigenvalue weighted by Crippen LogP contribution is -2.20. The zero-order valence-electron chi connectivity index (χ0n) is 14.4. The number of rotatable bonds is 7. The highest BCUT2D eigenvalue weighted by atomic mass is 16.5. The molecule has 0 aliphatic heterocycles. The minimum atomic E-state index is -0.178. The quantitative estimate of drug-likeness (QED) is 0.486. The van der Waals surface area contributed by atoms with Crippen LogP contribution in [0.3, 0.4) is 0 Å². The van der Waals surface area contributed by atoms with Gasteiger partial charge in [0.1, 0.15) is 5.52 Å². The number of pyridine rings is 1. The Morgan fingerprint density at radius 3 is 2.84 bits per heavy atom. The Labute approximate surface area is 144 Å². The molecule has 25 heavy (non-hydrogen) atoms. The topological polar surface area (TPSA) is 74.8 Å². The molecule has 0 atom stereocenters. The Bertz CT molecular complexity index is 958. The fourth-order valence-electron chi connectivity index (χ4n) is 2.75. The van der Waals surface area contributed by atoms with Crippen molar-refractivity contribution >= 4 is 22.6 Å². The highest BCUT2D eigenvalue weighted by Gasteiger charge is 2.10. The molecule has 0 aromatic carbocycles. The van der Waals surface area contributed by atoms with Gasteiger partial charge in [-0.25, -0.2) is 0 Å². The molecular weight excluding hydrogens is 322 g/mol. The number of aryl methyl sites for hydroxylation is 1. The summed E-state index contributed by atoms with van der Waals surface area (Å²) < 4.78 is 13.9. The molecular formula is C18H21N3O4. The lowest BCUT2D eigenvalue weighted by atomic mass is 10.2. The first-order valence-corrected chi connectivity index (χ1v) is 8.37. The number of fused-ring (bicyclic) bond motifs is 3. The standard InChI is InChI=1S/C18H21N3O4/c1-3-24-16(22)8-4-5-12-25-15-10-9-13-17(19-15)21-11-6-7-14(21)18(23)20(13)2/h6-7,9-11H,3-5,8,12H2,1-2H3. The maximum atomic E-state index is 12.3. The van der Waals surface area contributed by atoms with Crippen LogP contribution in [0.25, 0.3) is 16.7 Å². The summed E-state index contributed by atoms with van der Waals surface area (Å²) in [5, 5.41) is 0. The van der Waals surface area contributed by atoms with Crippen LogP contribution in [0.5, 0.6) is 5.88 Å². The van der Waals surface area contributed by atoms with Gasteiger partial charge in [-0.1, -0.05) is 0 Å². The van der Waals surface area contributed by atoms with Gasteiger partial charge in [-0.3, -0.25) is 14.0 Å². The second kappa shape index (κ2) is 7.38. The molecule has 0 bridgehead atoms. The van der Waals surface area contributed by atoms with E-state index >= 15 is 0 Å². The molecule has 0 amide bonds. The van der Waals surface area contributed by atoms with Crippen molar-refractivity contribution in [3.05, 3.63) is 40.8 Å². The van der Waals surface area contributed by atoms with E-state index < -0.39 is 0 Å². The van der Waals surface area contributed by atoms with Crippen LogP contribution in [-0.2, 0) is 16.6 Å². The highest BCUT2D eigenvalue weighted by molar-refractivity contribution is 5.75. The first-order chi connectivity index (χ1) is 12.1. The van der Waals surface area contributed by atoms with Crippen molar-refractivity contribution < 1.29 is 14.3 Å². The average molecular weight is 343 g/mol. The third kappa shape index (κ3) is 3.50. The Balaban J connectivity index is 1.70. The molecule has 0 saturated heterocycles. The van der Waals surface area contributed by atoms with Gasteiger partial charge in [0.15, 0.2) is 5.65 Å². The third-order valence-electron chi connectivity index (χ3n) is 4.02. The molecule has 0 aliphatic rings. The SMILES string of the molecule is CCOC(=O)CCCCOc1ccc2c(n1)n1cccc1c(=O)n2C. The number of hydrogen-bond acceptors (Lipinski definition) is 5. The second-order valence-corrected chi connectivity index (χ2v) is 5.73. The summed E-state index contributed by atoms with van der Waals surface area (Å²) >= 11 is 0. The average Bonchev–Trinajstić information content (AvgIpc) is 3.09. The summed E-state index contributed by atoms with van der Waals surface area (Å²) in [4.78, 5) is 28.1. The van der Waals surface area contributed by atoms with Crippen molar-refractivity contribution in [2.24, 2.45) is 7.05 Å². The number of unbranched alkanes of at least 4 members (excludes halogenated alkanes) is 1. The molecule has 0 saturated carbocycles. The van der Waals surface area contributed by atoms with E-state index in [-0.39, 0.29) is 11.5 Å². The summed E-state index contributed by atoms with van der Waals surface area (Å²) in [5.41, 5.74) is 1.93. The Morgan fingerprint density at radius 2 is 2.04 bits per heavy atom. The van der Waals surface area contributed by atoms with Crippen molar-refractivity contribution in [3.63, 3.8) is 0 Å². The number of esters is 1. The number of aromatic nitrogens is 3. The molecule has 0 fully saturated rings. The van der Waals surface area contributed by atoms with Crippen LogP contribution in [0, 0.1) is 0 Å². The van der Waals surface area contributed by atoms with Gasteiger partial charge in [-0.2, -0.15) is 4.98 Å². The van der Waals surface area contributed by atoms with Crippen molar-refractivity contribution in [2.75, 3.05) is 13.2 Å². The van der Waals surface area contributed by atoms with Crippen LogP contribution < -0.4 is 10.3 Å². The van der Waals surface area contributed by atoms with Gasteiger partial charge >= 0.3 is 5.97 Å². The second-order valence-electron chi connectivity index (χ2n) is 5.73. The summed E-state index contributed by atoms with van der Waals surface area (Å²) in [6.07, 6.45) is 3.66. The number of ether oxygens (including phenoxy) is 2. The van der Waals surface area contributed by atoms with Gasteiger partial charge in [0.25, 0.3) is 5.56 Å². The summed E-state index contributed by atoms with van der Waals surface area (Å²) in [6.45, 7) is 2.68. The minimum Gasteiger partial charge on any atom is -0.478 e. The number of hydrogen-bond donors (Lipinski definition) is 0. The molecule has 0 aliphatic carbocycles. The molecule has 132 valence electrons.